The first-order valence-corrected chi connectivity index (χ1v) is 12.6. The van der Waals surface area contributed by atoms with Crippen LogP contribution in [0.1, 0.15) is 108 Å². The van der Waals surface area contributed by atoms with Crippen LogP contribution < -0.4 is 5.73 Å². The Bertz CT molecular complexity index is 615. The third-order valence-corrected chi connectivity index (χ3v) is 6.89. The van der Waals surface area contributed by atoms with E-state index in [1.165, 1.54) is 81.8 Å². The van der Waals surface area contributed by atoms with Crippen molar-refractivity contribution in [1.82, 2.24) is 0 Å². The smallest absolute Gasteiger partial charge is 0.0351 e. The number of nitrogens with two attached hydrogens (primary N) is 1. The summed E-state index contributed by atoms with van der Waals surface area (Å²) in [5.41, 5.74) is 9.56. The molecule has 0 fully saturated rings. The first-order chi connectivity index (χ1) is 14.8. The second-order valence-corrected chi connectivity index (χ2v) is 8.99. The van der Waals surface area contributed by atoms with Gasteiger partial charge in [-0.1, -0.05) is 145 Å². The van der Waals surface area contributed by atoms with E-state index in [9.17, 15) is 0 Å². The lowest BCUT2D eigenvalue weighted by Gasteiger charge is -2.40. The van der Waals surface area contributed by atoms with E-state index in [1.54, 1.807) is 0 Å². The molecule has 0 heterocycles. The van der Waals surface area contributed by atoms with Crippen molar-refractivity contribution in [3.8, 4) is 0 Å². The van der Waals surface area contributed by atoms with Crippen molar-refractivity contribution in [2.75, 3.05) is 0 Å². The summed E-state index contributed by atoms with van der Waals surface area (Å²) in [6.45, 7) is 4.58. The molecular weight excluding hydrogens is 398 g/mol. The fraction of sp³-hybridized carbons (Fsp3) is 0.586. The van der Waals surface area contributed by atoms with Crippen LogP contribution >= 0.6 is 12.4 Å². The maximum atomic E-state index is 6.95. The van der Waals surface area contributed by atoms with Crippen molar-refractivity contribution in [3.05, 3.63) is 71.8 Å². The molecule has 1 atom stereocenters. The van der Waals surface area contributed by atoms with Crippen molar-refractivity contribution in [3.63, 3.8) is 0 Å². The molecule has 0 saturated carbocycles. The van der Waals surface area contributed by atoms with Crippen LogP contribution in [-0.2, 0) is 5.41 Å². The molecule has 0 spiro atoms. The van der Waals surface area contributed by atoms with Crippen molar-refractivity contribution >= 4 is 12.4 Å². The topological polar surface area (TPSA) is 26.0 Å². The van der Waals surface area contributed by atoms with Crippen molar-refractivity contribution < 1.29 is 0 Å². The minimum Gasteiger partial charge on any atom is -0.327 e. The Balaban J connectivity index is 0.00000480. The molecule has 0 saturated heterocycles. The Labute approximate surface area is 198 Å². The molecule has 1 unspecified atom stereocenters. The van der Waals surface area contributed by atoms with Gasteiger partial charge < -0.3 is 5.73 Å². The van der Waals surface area contributed by atoms with Crippen LogP contribution in [-0.4, -0.2) is 6.04 Å². The van der Waals surface area contributed by atoms with Gasteiger partial charge in [0.05, 0.1) is 0 Å². The molecule has 0 radical (unpaired) electrons. The van der Waals surface area contributed by atoms with Gasteiger partial charge >= 0.3 is 0 Å². The molecule has 0 aliphatic heterocycles. The van der Waals surface area contributed by atoms with E-state index in [0.717, 1.165) is 12.8 Å². The molecular formula is C29H46ClN. The first-order valence-electron chi connectivity index (χ1n) is 12.6. The molecule has 2 aromatic rings. The van der Waals surface area contributed by atoms with Gasteiger partial charge in [0.2, 0.25) is 0 Å². The molecule has 0 aromatic heterocycles. The number of rotatable bonds is 16. The van der Waals surface area contributed by atoms with Crippen molar-refractivity contribution in [1.29, 1.82) is 0 Å². The van der Waals surface area contributed by atoms with Gasteiger partial charge in [0.1, 0.15) is 0 Å². The lowest BCUT2D eigenvalue weighted by atomic mass is 9.66. The highest BCUT2D eigenvalue weighted by Crippen LogP contribution is 2.39. The van der Waals surface area contributed by atoms with Crippen LogP contribution in [0, 0.1) is 0 Å². The van der Waals surface area contributed by atoms with E-state index in [2.05, 4.69) is 74.5 Å². The Kier molecular flexibility index (Phi) is 14.6. The lowest BCUT2D eigenvalue weighted by molar-refractivity contribution is 0.363. The van der Waals surface area contributed by atoms with E-state index in [-0.39, 0.29) is 23.9 Å². The van der Waals surface area contributed by atoms with Gasteiger partial charge in [0, 0.05) is 11.5 Å². The summed E-state index contributed by atoms with van der Waals surface area (Å²) in [6, 6.07) is 22.0. The van der Waals surface area contributed by atoms with E-state index >= 15 is 0 Å². The van der Waals surface area contributed by atoms with Crippen LogP contribution in [0.4, 0.5) is 0 Å². The molecule has 1 nitrogen and oxygen atoms in total. The quantitative estimate of drug-likeness (QED) is 0.257. The highest BCUT2D eigenvalue weighted by atomic mass is 35.5. The first kappa shape index (κ1) is 27.7. The Hall–Kier alpha value is -1.31. The van der Waals surface area contributed by atoms with Gasteiger partial charge in [0.25, 0.3) is 0 Å². The number of hydrogen-bond donors (Lipinski definition) is 1. The summed E-state index contributed by atoms with van der Waals surface area (Å²) < 4.78 is 0. The van der Waals surface area contributed by atoms with Gasteiger partial charge in [-0.3, -0.25) is 0 Å². The third-order valence-electron chi connectivity index (χ3n) is 6.89. The molecule has 0 aliphatic rings. The van der Waals surface area contributed by atoms with E-state index in [1.807, 2.05) is 0 Å². The van der Waals surface area contributed by atoms with Gasteiger partial charge in [-0.25, -0.2) is 0 Å². The van der Waals surface area contributed by atoms with Crippen molar-refractivity contribution in [2.45, 2.75) is 109 Å². The summed E-state index contributed by atoms with van der Waals surface area (Å²) in [5, 5.41) is 0. The van der Waals surface area contributed by atoms with E-state index in [4.69, 9.17) is 5.73 Å². The Morgan fingerprint density at radius 1 is 0.613 bits per heavy atom. The van der Waals surface area contributed by atoms with Crippen LogP contribution in [0.2, 0.25) is 0 Å². The normalized spacial score (nSPS) is 12.4. The van der Waals surface area contributed by atoms with E-state index in [0.29, 0.717) is 0 Å². The fourth-order valence-corrected chi connectivity index (χ4v) is 5.01. The van der Waals surface area contributed by atoms with Gasteiger partial charge in [-0.05, 0) is 24.0 Å². The zero-order chi connectivity index (χ0) is 21.5. The zero-order valence-corrected chi connectivity index (χ0v) is 20.8. The second-order valence-electron chi connectivity index (χ2n) is 8.99. The summed E-state index contributed by atoms with van der Waals surface area (Å²) in [4.78, 5) is 0. The molecule has 0 amide bonds. The van der Waals surface area contributed by atoms with E-state index < -0.39 is 0 Å². The molecule has 2 aromatic carbocycles. The van der Waals surface area contributed by atoms with Gasteiger partial charge in [0.15, 0.2) is 0 Å². The molecule has 174 valence electrons. The van der Waals surface area contributed by atoms with Gasteiger partial charge in [-0.2, -0.15) is 0 Å². The lowest BCUT2D eigenvalue weighted by Crippen LogP contribution is -2.46. The Morgan fingerprint density at radius 3 is 1.39 bits per heavy atom. The van der Waals surface area contributed by atoms with Crippen LogP contribution in [0.5, 0.6) is 0 Å². The standard InChI is InChI=1S/C29H45N.ClH/c1-3-5-6-7-8-9-10-11-12-13-20-25-28(30)29(4-2,26-21-16-14-17-22-26)27-23-18-15-19-24-27;/h14-19,21-24,28H,3-13,20,25,30H2,1-2H3;1H. The summed E-state index contributed by atoms with van der Waals surface area (Å²) >= 11 is 0. The van der Waals surface area contributed by atoms with Crippen LogP contribution in [0.25, 0.3) is 0 Å². The highest BCUT2D eigenvalue weighted by molar-refractivity contribution is 5.85. The Morgan fingerprint density at radius 2 is 1.00 bits per heavy atom. The highest BCUT2D eigenvalue weighted by Gasteiger charge is 2.38. The minimum atomic E-state index is -0.0962. The average molecular weight is 444 g/mol. The second kappa shape index (κ2) is 16.3. The number of benzene rings is 2. The molecule has 31 heavy (non-hydrogen) atoms. The monoisotopic (exact) mass is 443 g/mol. The van der Waals surface area contributed by atoms with Crippen LogP contribution in [0.15, 0.2) is 60.7 Å². The molecule has 0 aliphatic carbocycles. The van der Waals surface area contributed by atoms with Gasteiger partial charge in [-0.15, -0.1) is 12.4 Å². The predicted molar refractivity (Wildman–Crippen MR) is 140 cm³/mol. The summed E-state index contributed by atoms with van der Waals surface area (Å²) in [6.07, 6.45) is 17.3. The maximum absolute atomic E-state index is 6.95. The molecule has 0 bridgehead atoms. The zero-order valence-electron chi connectivity index (χ0n) is 20.0. The number of hydrogen-bond acceptors (Lipinski definition) is 1. The SMILES string of the molecule is CCCCCCCCCCCCCC(N)C(CC)(c1ccccc1)c1ccccc1.Cl. The average Bonchev–Trinajstić information content (AvgIpc) is 2.80. The predicted octanol–water partition coefficient (Wildman–Crippen LogP) is 8.83. The summed E-state index contributed by atoms with van der Waals surface area (Å²) in [5.74, 6) is 0. The van der Waals surface area contributed by atoms with Crippen molar-refractivity contribution in [2.24, 2.45) is 5.73 Å². The largest absolute Gasteiger partial charge is 0.327 e. The maximum Gasteiger partial charge on any atom is 0.0351 e. The fourth-order valence-electron chi connectivity index (χ4n) is 5.01. The van der Waals surface area contributed by atoms with Crippen LogP contribution in [0.3, 0.4) is 0 Å². The summed E-state index contributed by atoms with van der Waals surface area (Å²) in [7, 11) is 0. The number of halogens is 1. The molecule has 2 rings (SSSR count). The number of unbranched alkanes of at least 4 members (excludes halogenated alkanes) is 10. The molecule has 2 heteroatoms. The molecule has 2 N–H and O–H groups in total. The minimum absolute atomic E-state index is 0. The third kappa shape index (κ3) is 8.62.